The monoisotopic (exact) mass is 431 g/mol. The highest BCUT2D eigenvalue weighted by Gasteiger charge is 2.22. The third kappa shape index (κ3) is 6.64. The van der Waals surface area contributed by atoms with Crippen molar-refractivity contribution in [2.24, 2.45) is 4.99 Å². The van der Waals surface area contributed by atoms with Gasteiger partial charge in [0.05, 0.1) is 6.54 Å². The van der Waals surface area contributed by atoms with Crippen LogP contribution in [0.1, 0.15) is 5.56 Å². The summed E-state index contributed by atoms with van der Waals surface area (Å²) in [5.41, 5.74) is 1.23. The number of rotatable bonds is 4. The van der Waals surface area contributed by atoms with Crippen LogP contribution in [0.25, 0.3) is 0 Å². The normalized spacial score (nSPS) is 20.0. The van der Waals surface area contributed by atoms with Crippen molar-refractivity contribution in [1.29, 1.82) is 0 Å². The lowest BCUT2D eigenvalue weighted by molar-refractivity contribution is 0.116. The highest BCUT2D eigenvalue weighted by Crippen LogP contribution is 2.05. The largest absolute Gasteiger partial charge is 0.355 e. The van der Waals surface area contributed by atoms with Crippen LogP contribution in [0.3, 0.4) is 0 Å². The lowest BCUT2D eigenvalue weighted by Gasteiger charge is -2.38. The number of aliphatic imine (C=N–C) groups is 1. The predicted molar refractivity (Wildman–Crippen MR) is 109 cm³/mol. The van der Waals surface area contributed by atoms with Gasteiger partial charge in [-0.1, -0.05) is 30.3 Å². The lowest BCUT2D eigenvalue weighted by Crippen LogP contribution is -2.55. The number of guanidine groups is 1. The molecule has 0 aromatic heterocycles. The van der Waals surface area contributed by atoms with Crippen molar-refractivity contribution in [2.45, 2.75) is 12.6 Å². The van der Waals surface area contributed by atoms with Crippen LogP contribution in [0, 0.1) is 0 Å². The molecule has 0 radical (unpaired) electrons. The summed E-state index contributed by atoms with van der Waals surface area (Å²) in [6.45, 7) is 5.01. The van der Waals surface area contributed by atoms with Crippen LogP contribution in [0.15, 0.2) is 35.3 Å². The van der Waals surface area contributed by atoms with Gasteiger partial charge >= 0.3 is 0 Å². The molecule has 0 saturated carbocycles. The Morgan fingerprint density at radius 1 is 1.22 bits per heavy atom. The minimum atomic E-state index is 0. The van der Waals surface area contributed by atoms with Gasteiger partial charge in [0.15, 0.2) is 5.96 Å². The average Bonchev–Trinajstić information content (AvgIpc) is 2.51. The van der Waals surface area contributed by atoms with E-state index in [1.165, 1.54) is 5.56 Å². The molecule has 1 aliphatic rings. The van der Waals surface area contributed by atoms with E-state index in [2.05, 4.69) is 58.4 Å². The van der Waals surface area contributed by atoms with Crippen molar-refractivity contribution in [1.82, 2.24) is 20.0 Å². The Bertz CT molecular complexity index is 477. The molecule has 6 heteroatoms. The van der Waals surface area contributed by atoms with Crippen LogP contribution in [-0.2, 0) is 6.54 Å². The number of piperazine rings is 1. The second-order valence-corrected chi connectivity index (χ2v) is 6.30. The molecule has 1 aromatic carbocycles. The fourth-order valence-corrected chi connectivity index (χ4v) is 2.64. The van der Waals surface area contributed by atoms with Gasteiger partial charge < -0.3 is 15.1 Å². The molecule has 1 saturated heterocycles. The molecule has 23 heavy (non-hydrogen) atoms. The maximum atomic E-state index is 4.72. The van der Waals surface area contributed by atoms with Gasteiger partial charge in [-0.15, -0.1) is 24.0 Å². The number of halogens is 1. The standard InChI is InChI=1S/C17H29N5.HI/c1-20(2)17(18-12-15-8-6-5-7-9-15)19-13-16-14-21(3)10-11-22(16)4;/h5-9,16H,10-14H2,1-4H3,(H,18,19);1H. The van der Waals surface area contributed by atoms with Gasteiger partial charge in [0.2, 0.25) is 0 Å². The number of nitrogens with zero attached hydrogens (tertiary/aromatic N) is 4. The van der Waals surface area contributed by atoms with E-state index in [1.54, 1.807) is 0 Å². The lowest BCUT2D eigenvalue weighted by atomic mass is 10.2. The van der Waals surface area contributed by atoms with Gasteiger partial charge in [-0.3, -0.25) is 4.90 Å². The zero-order valence-electron chi connectivity index (χ0n) is 14.7. The van der Waals surface area contributed by atoms with Gasteiger partial charge in [0.25, 0.3) is 0 Å². The first kappa shape index (κ1) is 20.2. The Kier molecular flexibility index (Phi) is 8.86. The van der Waals surface area contributed by atoms with Crippen LogP contribution in [0.5, 0.6) is 0 Å². The van der Waals surface area contributed by atoms with E-state index in [4.69, 9.17) is 4.99 Å². The fourth-order valence-electron chi connectivity index (χ4n) is 2.64. The molecule has 1 aromatic rings. The topological polar surface area (TPSA) is 34.1 Å². The molecule has 1 aliphatic heterocycles. The molecule has 1 fully saturated rings. The summed E-state index contributed by atoms with van der Waals surface area (Å²) in [4.78, 5) is 11.6. The van der Waals surface area contributed by atoms with Crippen LogP contribution < -0.4 is 5.32 Å². The molecule has 0 amide bonds. The Morgan fingerprint density at radius 2 is 1.91 bits per heavy atom. The fraction of sp³-hybridized carbons (Fsp3) is 0.588. The third-order valence-corrected chi connectivity index (χ3v) is 4.15. The van der Waals surface area contributed by atoms with Crippen molar-refractivity contribution in [3.63, 3.8) is 0 Å². The van der Waals surface area contributed by atoms with E-state index in [-0.39, 0.29) is 24.0 Å². The molecule has 1 N–H and O–H groups in total. The zero-order chi connectivity index (χ0) is 15.9. The minimum Gasteiger partial charge on any atom is -0.355 e. The third-order valence-electron chi connectivity index (χ3n) is 4.15. The summed E-state index contributed by atoms with van der Waals surface area (Å²) in [5.74, 6) is 0.950. The first-order chi connectivity index (χ1) is 10.6. The summed E-state index contributed by atoms with van der Waals surface area (Å²) in [6.07, 6.45) is 0. The molecule has 0 spiro atoms. The first-order valence-electron chi connectivity index (χ1n) is 7.94. The quantitative estimate of drug-likeness (QED) is 0.446. The van der Waals surface area contributed by atoms with Crippen LogP contribution >= 0.6 is 24.0 Å². The summed E-state index contributed by atoms with van der Waals surface area (Å²) < 4.78 is 0. The summed E-state index contributed by atoms with van der Waals surface area (Å²) in [5, 5.41) is 3.52. The van der Waals surface area contributed by atoms with Crippen molar-refractivity contribution in [3.05, 3.63) is 35.9 Å². The van der Waals surface area contributed by atoms with Crippen molar-refractivity contribution in [2.75, 3.05) is 54.4 Å². The molecule has 1 atom stereocenters. The van der Waals surface area contributed by atoms with E-state index in [1.807, 2.05) is 20.2 Å². The number of likely N-dealkylation sites (N-methyl/N-ethyl adjacent to an activating group) is 2. The number of hydrogen-bond acceptors (Lipinski definition) is 3. The van der Waals surface area contributed by atoms with E-state index in [9.17, 15) is 0 Å². The zero-order valence-corrected chi connectivity index (χ0v) is 17.0. The van der Waals surface area contributed by atoms with Crippen molar-refractivity contribution in [3.8, 4) is 0 Å². The van der Waals surface area contributed by atoms with Gasteiger partial charge in [0.1, 0.15) is 0 Å². The maximum absolute atomic E-state index is 4.72. The van der Waals surface area contributed by atoms with Gasteiger partial charge in [-0.05, 0) is 19.7 Å². The summed E-state index contributed by atoms with van der Waals surface area (Å²) in [7, 11) is 8.47. The highest BCUT2D eigenvalue weighted by molar-refractivity contribution is 14.0. The molecule has 1 heterocycles. The summed E-state index contributed by atoms with van der Waals surface area (Å²) >= 11 is 0. The minimum absolute atomic E-state index is 0. The number of benzene rings is 1. The highest BCUT2D eigenvalue weighted by atomic mass is 127. The molecule has 1 unspecified atom stereocenters. The molecule has 130 valence electrons. The molecule has 0 aliphatic carbocycles. The van der Waals surface area contributed by atoms with Crippen LogP contribution in [-0.4, -0.2) is 81.1 Å². The maximum Gasteiger partial charge on any atom is 0.193 e. The van der Waals surface area contributed by atoms with Gasteiger partial charge in [-0.2, -0.15) is 0 Å². The Balaban J connectivity index is 0.00000264. The average molecular weight is 431 g/mol. The Morgan fingerprint density at radius 3 is 2.57 bits per heavy atom. The van der Waals surface area contributed by atoms with Gasteiger partial charge in [-0.25, -0.2) is 4.99 Å². The Labute approximate surface area is 157 Å². The molecule has 0 bridgehead atoms. The van der Waals surface area contributed by atoms with E-state index in [0.29, 0.717) is 12.6 Å². The Hall–Kier alpha value is -0.860. The second-order valence-electron chi connectivity index (χ2n) is 6.30. The van der Waals surface area contributed by atoms with Crippen LogP contribution in [0.4, 0.5) is 0 Å². The molecule has 5 nitrogen and oxygen atoms in total. The van der Waals surface area contributed by atoms with E-state index >= 15 is 0 Å². The smallest absolute Gasteiger partial charge is 0.193 e. The molecule has 2 rings (SSSR count). The van der Waals surface area contributed by atoms with E-state index < -0.39 is 0 Å². The van der Waals surface area contributed by atoms with Gasteiger partial charge in [0, 0.05) is 46.3 Å². The molecular formula is C17H30IN5. The molecular weight excluding hydrogens is 401 g/mol. The summed E-state index contributed by atoms with van der Waals surface area (Å²) in [6, 6.07) is 10.9. The number of nitrogens with one attached hydrogen (secondary N) is 1. The van der Waals surface area contributed by atoms with Crippen molar-refractivity contribution >= 4 is 29.9 Å². The number of hydrogen-bond donors (Lipinski definition) is 1. The SMILES string of the molecule is CN1CCN(C)C(CNC(=NCc2ccccc2)N(C)C)C1.I. The second kappa shape index (κ2) is 10.1. The van der Waals surface area contributed by atoms with Crippen molar-refractivity contribution < 1.29 is 0 Å². The predicted octanol–water partition coefficient (Wildman–Crippen LogP) is 1.56. The van der Waals surface area contributed by atoms with E-state index in [0.717, 1.165) is 32.1 Å². The van der Waals surface area contributed by atoms with Crippen LogP contribution in [0.2, 0.25) is 0 Å². The first-order valence-corrected chi connectivity index (χ1v) is 7.94.